The minimum atomic E-state index is -1.05. The van der Waals surface area contributed by atoms with Crippen molar-refractivity contribution in [3.05, 3.63) is 90.0 Å². The molecule has 8 nitrogen and oxygen atoms in total. The molecular weight excluding hydrogens is 478 g/mol. The number of rotatable bonds is 8. The quantitative estimate of drug-likeness (QED) is 0.465. The van der Waals surface area contributed by atoms with Crippen LogP contribution in [0.4, 0.5) is 11.4 Å². The third-order valence-corrected chi connectivity index (χ3v) is 6.78. The van der Waals surface area contributed by atoms with Crippen LogP contribution in [0.5, 0.6) is 5.75 Å². The molecule has 2 amide bonds. The molecule has 0 saturated carbocycles. The summed E-state index contributed by atoms with van der Waals surface area (Å²) in [6, 6.07) is 22.9. The maximum Gasteiger partial charge on any atom is 0.335 e. The van der Waals surface area contributed by atoms with Gasteiger partial charge in [0.15, 0.2) is 5.17 Å². The second-order valence-electron chi connectivity index (χ2n) is 8.06. The number of thioether (sulfide) groups is 1. The molecule has 1 aliphatic heterocycles. The lowest BCUT2D eigenvalue weighted by atomic mass is 10.1. The molecule has 1 aliphatic rings. The number of benzene rings is 3. The highest BCUT2D eigenvalue weighted by atomic mass is 32.2. The molecule has 3 aromatic carbocycles. The Morgan fingerprint density at radius 3 is 2.39 bits per heavy atom. The average Bonchev–Trinajstić information content (AvgIpc) is 2.89. The van der Waals surface area contributed by atoms with Gasteiger partial charge in [-0.25, -0.2) is 9.79 Å². The summed E-state index contributed by atoms with van der Waals surface area (Å²) in [4.78, 5) is 43.6. The van der Waals surface area contributed by atoms with E-state index in [1.807, 2.05) is 30.3 Å². The summed E-state index contributed by atoms with van der Waals surface area (Å²) in [5, 5.41) is 11.6. The Bertz CT molecular complexity index is 1260. The Hall–Kier alpha value is -4.11. The summed E-state index contributed by atoms with van der Waals surface area (Å²) >= 11 is 1.24. The van der Waals surface area contributed by atoms with Crippen LogP contribution in [0.25, 0.3) is 0 Å². The van der Waals surface area contributed by atoms with E-state index in [4.69, 9.17) is 14.8 Å². The van der Waals surface area contributed by atoms with Gasteiger partial charge in [0.1, 0.15) is 11.0 Å². The second-order valence-corrected chi connectivity index (χ2v) is 9.23. The first-order valence-electron chi connectivity index (χ1n) is 11.3. The standard InChI is InChI=1S/C27H25N3O5S/c1-35-22-13-11-21(12-14-22)29-27-30(16-15-18-5-3-2-4-6-18)24(31)17-23(36-27)25(32)28-20-9-7-19(8-10-20)26(33)34/h2-14,23H,15-17H2,1H3,(H,28,32)(H,33,34). The highest BCUT2D eigenvalue weighted by Crippen LogP contribution is 2.30. The number of aliphatic imine (C=N–C) groups is 1. The summed E-state index contributed by atoms with van der Waals surface area (Å²) in [5.74, 6) is -0.880. The van der Waals surface area contributed by atoms with E-state index in [1.165, 1.54) is 36.0 Å². The zero-order valence-corrected chi connectivity index (χ0v) is 20.4. The number of carbonyl (C=O) groups excluding carboxylic acids is 2. The van der Waals surface area contributed by atoms with Crippen LogP contribution >= 0.6 is 11.8 Å². The fourth-order valence-corrected chi connectivity index (χ4v) is 4.76. The number of aromatic carboxylic acids is 1. The molecule has 1 unspecified atom stereocenters. The van der Waals surface area contributed by atoms with Crippen molar-refractivity contribution >= 4 is 46.1 Å². The van der Waals surface area contributed by atoms with Crippen molar-refractivity contribution < 1.29 is 24.2 Å². The van der Waals surface area contributed by atoms with Crippen LogP contribution in [-0.4, -0.2) is 51.9 Å². The lowest BCUT2D eigenvalue weighted by Gasteiger charge is -2.32. The number of nitrogens with one attached hydrogen (secondary N) is 1. The first-order chi connectivity index (χ1) is 17.4. The predicted molar refractivity (Wildman–Crippen MR) is 140 cm³/mol. The first kappa shape index (κ1) is 25.0. The molecule has 0 radical (unpaired) electrons. The molecule has 1 saturated heterocycles. The Balaban J connectivity index is 1.53. The number of hydrogen-bond donors (Lipinski definition) is 2. The molecule has 1 atom stereocenters. The van der Waals surface area contributed by atoms with Crippen LogP contribution in [0.15, 0.2) is 83.9 Å². The molecule has 0 aliphatic carbocycles. The topological polar surface area (TPSA) is 108 Å². The van der Waals surface area contributed by atoms with Crippen molar-refractivity contribution in [1.29, 1.82) is 0 Å². The maximum atomic E-state index is 13.2. The molecule has 0 bridgehead atoms. The molecule has 1 fully saturated rings. The van der Waals surface area contributed by atoms with Gasteiger partial charge in [-0.1, -0.05) is 42.1 Å². The summed E-state index contributed by atoms with van der Waals surface area (Å²) in [7, 11) is 1.58. The van der Waals surface area contributed by atoms with Crippen LogP contribution in [0, 0.1) is 0 Å². The van der Waals surface area contributed by atoms with Crippen molar-refractivity contribution in [1.82, 2.24) is 4.90 Å². The second kappa shape index (κ2) is 11.5. The lowest BCUT2D eigenvalue weighted by Crippen LogP contribution is -2.46. The number of methoxy groups -OCH3 is 1. The molecular formula is C27H25N3O5S. The number of amides is 2. The monoisotopic (exact) mass is 503 g/mol. The van der Waals surface area contributed by atoms with E-state index in [0.29, 0.717) is 35.3 Å². The number of ether oxygens (including phenoxy) is 1. The third-order valence-electron chi connectivity index (χ3n) is 5.60. The lowest BCUT2D eigenvalue weighted by molar-refractivity contribution is -0.129. The minimum absolute atomic E-state index is 0.0279. The largest absolute Gasteiger partial charge is 0.497 e. The Morgan fingerprint density at radius 2 is 1.75 bits per heavy atom. The number of carboxylic acids is 1. The third kappa shape index (κ3) is 6.31. The van der Waals surface area contributed by atoms with Crippen molar-refractivity contribution in [2.45, 2.75) is 18.1 Å². The van der Waals surface area contributed by atoms with Crippen molar-refractivity contribution in [2.75, 3.05) is 19.0 Å². The minimum Gasteiger partial charge on any atom is -0.497 e. The molecule has 184 valence electrons. The van der Waals surface area contributed by atoms with Gasteiger partial charge in [0, 0.05) is 18.7 Å². The Labute approximate surface area is 213 Å². The summed E-state index contributed by atoms with van der Waals surface area (Å²) < 4.78 is 5.21. The van der Waals surface area contributed by atoms with Gasteiger partial charge in [-0.3, -0.25) is 14.5 Å². The predicted octanol–water partition coefficient (Wildman–Crippen LogP) is 4.60. The van der Waals surface area contributed by atoms with Crippen LogP contribution in [0.2, 0.25) is 0 Å². The highest BCUT2D eigenvalue weighted by molar-refractivity contribution is 8.15. The molecule has 9 heteroatoms. The SMILES string of the molecule is COc1ccc(N=C2SC(C(=O)Nc3ccc(C(=O)O)cc3)CC(=O)N2CCc2ccccc2)cc1. The zero-order valence-electron chi connectivity index (χ0n) is 19.6. The smallest absolute Gasteiger partial charge is 0.335 e. The summed E-state index contributed by atoms with van der Waals surface area (Å²) in [5.41, 5.74) is 2.32. The van der Waals surface area contributed by atoms with Gasteiger partial charge in [0.25, 0.3) is 0 Å². The number of anilines is 1. The highest BCUT2D eigenvalue weighted by Gasteiger charge is 2.35. The fourth-order valence-electron chi connectivity index (χ4n) is 3.63. The van der Waals surface area contributed by atoms with E-state index >= 15 is 0 Å². The average molecular weight is 504 g/mol. The Kier molecular flexibility index (Phi) is 8.02. The van der Waals surface area contributed by atoms with Crippen LogP contribution in [0.3, 0.4) is 0 Å². The zero-order chi connectivity index (χ0) is 25.5. The molecule has 3 aromatic rings. The summed E-state index contributed by atoms with van der Waals surface area (Å²) in [6.07, 6.45) is 0.682. The number of amidine groups is 1. The Morgan fingerprint density at radius 1 is 1.06 bits per heavy atom. The van der Waals surface area contributed by atoms with E-state index in [1.54, 1.807) is 36.3 Å². The number of hydrogen-bond acceptors (Lipinski definition) is 6. The van der Waals surface area contributed by atoms with Gasteiger partial charge in [-0.05, 0) is 60.5 Å². The van der Waals surface area contributed by atoms with E-state index in [9.17, 15) is 14.4 Å². The first-order valence-corrected chi connectivity index (χ1v) is 12.2. The van der Waals surface area contributed by atoms with E-state index < -0.39 is 11.2 Å². The molecule has 1 heterocycles. The summed E-state index contributed by atoms with van der Waals surface area (Å²) in [6.45, 7) is 0.440. The van der Waals surface area contributed by atoms with Gasteiger partial charge in [-0.2, -0.15) is 0 Å². The normalized spacial score (nSPS) is 16.6. The number of carboxylic acid groups (broad SMARTS) is 1. The van der Waals surface area contributed by atoms with E-state index in [2.05, 4.69) is 5.32 Å². The maximum absolute atomic E-state index is 13.2. The van der Waals surface area contributed by atoms with Gasteiger partial charge in [0.2, 0.25) is 11.8 Å². The van der Waals surface area contributed by atoms with Crippen molar-refractivity contribution in [3.8, 4) is 5.75 Å². The molecule has 4 rings (SSSR count). The van der Waals surface area contributed by atoms with Gasteiger partial charge in [-0.15, -0.1) is 0 Å². The van der Waals surface area contributed by atoms with Crippen molar-refractivity contribution in [2.24, 2.45) is 4.99 Å². The fraction of sp³-hybridized carbons (Fsp3) is 0.185. The van der Waals surface area contributed by atoms with Crippen molar-refractivity contribution in [3.63, 3.8) is 0 Å². The van der Waals surface area contributed by atoms with Gasteiger partial charge in [0.05, 0.1) is 18.4 Å². The van der Waals surface area contributed by atoms with E-state index in [0.717, 1.165) is 5.56 Å². The van der Waals surface area contributed by atoms with Crippen LogP contribution in [-0.2, 0) is 16.0 Å². The molecule has 0 aromatic heterocycles. The van der Waals surface area contributed by atoms with Crippen LogP contribution in [0.1, 0.15) is 22.3 Å². The van der Waals surface area contributed by atoms with Gasteiger partial charge < -0.3 is 15.2 Å². The number of nitrogens with zero attached hydrogens (tertiary/aromatic N) is 2. The molecule has 2 N–H and O–H groups in total. The van der Waals surface area contributed by atoms with E-state index in [-0.39, 0.29) is 23.8 Å². The van der Waals surface area contributed by atoms with Crippen LogP contribution < -0.4 is 10.1 Å². The molecule has 0 spiro atoms. The van der Waals surface area contributed by atoms with Gasteiger partial charge >= 0.3 is 5.97 Å². The number of carbonyl (C=O) groups is 3. The molecule has 36 heavy (non-hydrogen) atoms.